The van der Waals surface area contributed by atoms with Crippen LogP contribution in [-0.4, -0.2) is 56.6 Å². The Morgan fingerprint density at radius 2 is 1.38 bits per heavy atom. The predicted molar refractivity (Wildman–Crippen MR) is 49.8 cm³/mol. The molecule has 6 nitrogen and oxygen atoms in total. The van der Waals surface area contributed by atoms with E-state index < -0.39 is 0 Å². The van der Waals surface area contributed by atoms with Crippen LogP contribution in [-0.2, 0) is 0 Å². The van der Waals surface area contributed by atoms with E-state index in [4.69, 9.17) is 0 Å². The molecule has 1 aliphatic rings. The molecule has 0 aromatic heterocycles. The normalized spacial score (nSPS) is 28.9. The summed E-state index contributed by atoms with van der Waals surface area (Å²) in [4.78, 5) is 15.0. The SMILES string of the molecule is CN(C)C1NC(=O)NC(N(C)C)N1. The van der Waals surface area contributed by atoms with Crippen molar-refractivity contribution in [3.8, 4) is 0 Å². The summed E-state index contributed by atoms with van der Waals surface area (Å²) in [6.07, 6.45) is -0.248. The van der Waals surface area contributed by atoms with Gasteiger partial charge in [-0.05, 0) is 28.2 Å². The molecular weight excluding hydrogens is 170 g/mol. The summed E-state index contributed by atoms with van der Waals surface area (Å²) >= 11 is 0. The lowest BCUT2D eigenvalue weighted by molar-refractivity contribution is 0.0905. The lowest BCUT2D eigenvalue weighted by Crippen LogP contribution is -2.71. The van der Waals surface area contributed by atoms with Gasteiger partial charge in [-0.2, -0.15) is 0 Å². The molecule has 0 saturated carbocycles. The predicted octanol–water partition coefficient (Wildman–Crippen LogP) is -1.42. The molecule has 0 aromatic carbocycles. The summed E-state index contributed by atoms with van der Waals surface area (Å²) in [5.74, 6) is 0. The summed E-state index contributed by atoms with van der Waals surface area (Å²) in [6, 6.07) is -0.156. The molecule has 0 aliphatic carbocycles. The minimum atomic E-state index is -0.156. The van der Waals surface area contributed by atoms with Gasteiger partial charge in [-0.3, -0.25) is 15.1 Å². The zero-order valence-corrected chi connectivity index (χ0v) is 8.46. The van der Waals surface area contributed by atoms with E-state index in [-0.39, 0.29) is 18.6 Å². The number of urea groups is 1. The van der Waals surface area contributed by atoms with E-state index in [9.17, 15) is 4.79 Å². The zero-order chi connectivity index (χ0) is 10.0. The standard InChI is InChI=1S/C7H17N5O/c1-11(2)5-8-6(12(3)4)10-7(13)9-5/h5-6,8H,1-4H3,(H2,9,10,13). The molecule has 2 atom stereocenters. The number of nitrogens with zero attached hydrogens (tertiary/aromatic N) is 2. The molecule has 3 N–H and O–H groups in total. The first-order valence-corrected chi connectivity index (χ1v) is 4.16. The van der Waals surface area contributed by atoms with Crippen LogP contribution in [0.5, 0.6) is 0 Å². The Bertz CT molecular complexity index is 175. The van der Waals surface area contributed by atoms with Crippen molar-refractivity contribution in [2.45, 2.75) is 12.6 Å². The highest BCUT2D eigenvalue weighted by Gasteiger charge is 2.26. The van der Waals surface area contributed by atoms with E-state index in [1.807, 2.05) is 38.0 Å². The van der Waals surface area contributed by atoms with Crippen LogP contribution in [0, 0.1) is 0 Å². The van der Waals surface area contributed by atoms with Gasteiger partial charge in [0, 0.05) is 0 Å². The summed E-state index contributed by atoms with van der Waals surface area (Å²) in [5.41, 5.74) is 0. The van der Waals surface area contributed by atoms with Gasteiger partial charge in [-0.25, -0.2) is 4.79 Å². The fraction of sp³-hybridized carbons (Fsp3) is 0.857. The first-order chi connectivity index (χ1) is 6.00. The molecule has 76 valence electrons. The molecule has 0 aromatic rings. The van der Waals surface area contributed by atoms with Gasteiger partial charge in [0.1, 0.15) is 12.6 Å². The van der Waals surface area contributed by atoms with Crippen molar-refractivity contribution in [1.82, 2.24) is 25.8 Å². The maximum atomic E-state index is 11.2. The molecule has 6 heteroatoms. The van der Waals surface area contributed by atoms with Crippen molar-refractivity contribution < 1.29 is 4.79 Å². The highest BCUT2D eigenvalue weighted by molar-refractivity contribution is 5.75. The van der Waals surface area contributed by atoms with Crippen molar-refractivity contribution >= 4 is 6.03 Å². The maximum absolute atomic E-state index is 11.2. The van der Waals surface area contributed by atoms with Crippen molar-refractivity contribution in [3.63, 3.8) is 0 Å². The number of rotatable bonds is 2. The molecule has 0 bridgehead atoms. The Morgan fingerprint density at radius 3 is 1.69 bits per heavy atom. The van der Waals surface area contributed by atoms with Crippen molar-refractivity contribution in [1.29, 1.82) is 0 Å². The number of amides is 2. The number of carbonyl (C=O) groups excluding carboxylic acids is 1. The summed E-state index contributed by atoms with van der Waals surface area (Å²) in [6.45, 7) is 0. The molecule has 2 unspecified atom stereocenters. The summed E-state index contributed by atoms with van der Waals surface area (Å²) in [7, 11) is 7.60. The van der Waals surface area contributed by atoms with Gasteiger partial charge in [-0.15, -0.1) is 0 Å². The highest BCUT2D eigenvalue weighted by Crippen LogP contribution is 1.95. The highest BCUT2D eigenvalue weighted by atomic mass is 16.2. The van der Waals surface area contributed by atoms with Crippen molar-refractivity contribution in [2.75, 3.05) is 28.2 Å². The number of hydrogen-bond acceptors (Lipinski definition) is 4. The van der Waals surface area contributed by atoms with Gasteiger partial charge in [0.15, 0.2) is 0 Å². The minimum absolute atomic E-state index is 0.124. The lowest BCUT2D eigenvalue weighted by atomic mass is 10.5. The quantitative estimate of drug-likeness (QED) is 0.496. The molecule has 13 heavy (non-hydrogen) atoms. The van der Waals surface area contributed by atoms with Crippen LogP contribution in [0.15, 0.2) is 0 Å². The van der Waals surface area contributed by atoms with Crippen LogP contribution in [0.25, 0.3) is 0 Å². The second-order valence-electron chi connectivity index (χ2n) is 3.52. The third-order valence-corrected chi connectivity index (χ3v) is 1.88. The van der Waals surface area contributed by atoms with Crippen molar-refractivity contribution in [2.24, 2.45) is 0 Å². The van der Waals surface area contributed by atoms with Gasteiger partial charge < -0.3 is 10.6 Å². The number of carbonyl (C=O) groups is 1. The summed E-state index contributed by atoms with van der Waals surface area (Å²) in [5, 5.41) is 8.67. The van der Waals surface area contributed by atoms with Crippen LogP contribution in [0.2, 0.25) is 0 Å². The van der Waals surface area contributed by atoms with Crippen LogP contribution < -0.4 is 16.0 Å². The van der Waals surface area contributed by atoms with Gasteiger partial charge in [-0.1, -0.05) is 0 Å². The molecule has 1 fully saturated rings. The fourth-order valence-electron chi connectivity index (χ4n) is 1.08. The average molecular weight is 187 g/mol. The third kappa shape index (κ3) is 2.55. The van der Waals surface area contributed by atoms with Gasteiger partial charge >= 0.3 is 6.03 Å². The van der Waals surface area contributed by atoms with E-state index in [0.717, 1.165) is 0 Å². The second kappa shape index (κ2) is 3.91. The molecule has 1 saturated heterocycles. The van der Waals surface area contributed by atoms with Crippen LogP contribution >= 0.6 is 0 Å². The fourth-order valence-corrected chi connectivity index (χ4v) is 1.08. The molecule has 0 radical (unpaired) electrons. The Kier molecular flexibility index (Phi) is 3.07. The molecule has 0 spiro atoms. The van der Waals surface area contributed by atoms with Gasteiger partial charge in [0.25, 0.3) is 0 Å². The maximum Gasteiger partial charge on any atom is 0.319 e. The third-order valence-electron chi connectivity index (χ3n) is 1.88. The lowest BCUT2D eigenvalue weighted by Gasteiger charge is -2.38. The molecule has 1 heterocycles. The zero-order valence-electron chi connectivity index (χ0n) is 8.46. The first-order valence-electron chi connectivity index (χ1n) is 4.16. The molecule has 1 rings (SSSR count). The number of nitrogens with one attached hydrogen (secondary N) is 3. The van der Waals surface area contributed by atoms with E-state index in [1.54, 1.807) is 0 Å². The van der Waals surface area contributed by atoms with Crippen LogP contribution in [0.4, 0.5) is 4.79 Å². The molecule has 1 aliphatic heterocycles. The largest absolute Gasteiger partial charge is 0.319 e. The smallest absolute Gasteiger partial charge is 0.310 e. The first kappa shape index (κ1) is 10.2. The Balaban J connectivity index is 2.57. The Labute approximate surface area is 78.3 Å². The monoisotopic (exact) mass is 187 g/mol. The Morgan fingerprint density at radius 1 is 1.00 bits per heavy atom. The number of hydrogen-bond donors (Lipinski definition) is 3. The van der Waals surface area contributed by atoms with E-state index in [0.29, 0.717) is 0 Å². The van der Waals surface area contributed by atoms with E-state index in [1.165, 1.54) is 0 Å². The van der Waals surface area contributed by atoms with Crippen LogP contribution in [0.3, 0.4) is 0 Å². The van der Waals surface area contributed by atoms with Crippen molar-refractivity contribution in [3.05, 3.63) is 0 Å². The van der Waals surface area contributed by atoms with Crippen LogP contribution in [0.1, 0.15) is 0 Å². The van der Waals surface area contributed by atoms with E-state index >= 15 is 0 Å². The average Bonchev–Trinajstić information content (AvgIpc) is 2.03. The topological polar surface area (TPSA) is 59.6 Å². The molecular formula is C7H17N5O. The molecule has 2 amide bonds. The Hall–Kier alpha value is -0.850. The second-order valence-corrected chi connectivity index (χ2v) is 3.52. The minimum Gasteiger partial charge on any atom is -0.310 e. The summed E-state index contributed by atoms with van der Waals surface area (Å²) < 4.78 is 0. The van der Waals surface area contributed by atoms with Gasteiger partial charge in [0.05, 0.1) is 0 Å². The van der Waals surface area contributed by atoms with Gasteiger partial charge in [0.2, 0.25) is 0 Å². The van der Waals surface area contributed by atoms with E-state index in [2.05, 4.69) is 16.0 Å².